The SMILES string of the molecule is CC(NCC(O)COc1ccc(Oc2ccccc2)cc1)c1ccc2c(c1)OCCO2. The van der Waals surface area contributed by atoms with Gasteiger partial charge in [-0.25, -0.2) is 0 Å². The van der Waals surface area contributed by atoms with Gasteiger partial charge in [0.05, 0.1) is 0 Å². The van der Waals surface area contributed by atoms with Crippen LogP contribution in [-0.4, -0.2) is 37.6 Å². The molecule has 0 bridgehead atoms. The van der Waals surface area contributed by atoms with Crippen molar-refractivity contribution in [1.82, 2.24) is 5.32 Å². The maximum Gasteiger partial charge on any atom is 0.161 e. The lowest BCUT2D eigenvalue weighted by molar-refractivity contribution is 0.104. The number of nitrogens with one attached hydrogen (secondary N) is 1. The van der Waals surface area contributed by atoms with E-state index in [1.165, 1.54) is 0 Å². The largest absolute Gasteiger partial charge is 0.491 e. The minimum atomic E-state index is -0.639. The van der Waals surface area contributed by atoms with Crippen LogP contribution in [0.3, 0.4) is 0 Å². The Hall–Kier alpha value is -3.22. The van der Waals surface area contributed by atoms with Crippen LogP contribution in [0.1, 0.15) is 18.5 Å². The lowest BCUT2D eigenvalue weighted by Gasteiger charge is -2.22. The molecule has 2 atom stereocenters. The number of para-hydroxylation sites is 1. The van der Waals surface area contributed by atoms with Gasteiger partial charge in [0, 0.05) is 12.6 Å². The molecule has 2 unspecified atom stereocenters. The Labute approximate surface area is 182 Å². The third-order valence-corrected chi connectivity index (χ3v) is 4.97. The van der Waals surface area contributed by atoms with E-state index in [4.69, 9.17) is 18.9 Å². The van der Waals surface area contributed by atoms with Crippen molar-refractivity contribution in [2.45, 2.75) is 19.1 Å². The number of benzene rings is 3. The fraction of sp³-hybridized carbons (Fsp3) is 0.280. The van der Waals surface area contributed by atoms with Gasteiger partial charge in [0.2, 0.25) is 0 Å². The van der Waals surface area contributed by atoms with Crippen molar-refractivity contribution in [3.63, 3.8) is 0 Å². The summed E-state index contributed by atoms with van der Waals surface area (Å²) in [6.45, 7) is 3.79. The predicted molar refractivity (Wildman–Crippen MR) is 118 cm³/mol. The van der Waals surface area contributed by atoms with Crippen LogP contribution in [0.25, 0.3) is 0 Å². The van der Waals surface area contributed by atoms with Crippen LogP contribution in [0.5, 0.6) is 28.7 Å². The lowest BCUT2D eigenvalue weighted by Crippen LogP contribution is -2.33. The van der Waals surface area contributed by atoms with Gasteiger partial charge >= 0.3 is 0 Å². The maximum absolute atomic E-state index is 10.3. The summed E-state index contributed by atoms with van der Waals surface area (Å²) in [4.78, 5) is 0. The molecule has 1 heterocycles. The minimum absolute atomic E-state index is 0.0555. The molecular weight excluding hydrogens is 394 g/mol. The summed E-state index contributed by atoms with van der Waals surface area (Å²) in [6, 6.07) is 22.9. The van der Waals surface area contributed by atoms with Crippen molar-refractivity contribution >= 4 is 0 Å². The summed E-state index contributed by atoms with van der Waals surface area (Å²) in [5.74, 6) is 3.73. The summed E-state index contributed by atoms with van der Waals surface area (Å²) in [6.07, 6.45) is -0.639. The smallest absolute Gasteiger partial charge is 0.161 e. The molecule has 162 valence electrons. The van der Waals surface area contributed by atoms with Gasteiger partial charge in [-0.3, -0.25) is 0 Å². The zero-order valence-electron chi connectivity index (χ0n) is 17.5. The van der Waals surface area contributed by atoms with Gasteiger partial charge in [-0.2, -0.15) is 0 Å². The quantitative estimate of drug-likeness (QED) is 0.536. The van der Waals surface area contributed by atoms with Gasteiger partial charge in [0.1, 0.15) is 43.2 Å². The second-order valence-electron chi connectivity index (χ2n) is 7.38. The van der Waals surface area contributed by atoms with Crippen molar-refractivity contribution < 1.29 is 24.1 Å². The summed E-state index contributed by atoms with van der Waals surface area (Å²) >= 11 is 0. The fourth-order valence-corrected chi connectivity index (χ4v) is 3.24. The van der Waals surface area contributed by atoms with E-state index in [2.05, 4.69) is 5.32 Å². The first-order valence-electron chi connectivity index (χ1n) is 10.4. The van der Waals surface area contributed by atoms with E-state index in [0.717, 1.165) is 28.6 Å². The number of hydrogen-bond donors (Lipinski definition) is 2. The number of fused-ring (bicyclic) bond motifs is 1. The summed E-state index contributed by atoms with van der Waals surface area (Å²) in [5.41, 5.74) is 1.08. The van der Waals surface area contributed by atoms with E-state index in [-0.39, 0.29) is 12.6 Å². The van der Waals surface area contributed by atoms with E-state index >= 15 is 0 Å². The van der Waals surface area contributed by atoms with E-state index < -0.39 is 6.10 Å². The van der Waals surface area contributed by atoms with Crippen molar-refractivity contribution in [2.24, 2.45) is 0 Å². The Morgan fingerprint density at radius 2 is 1.55 bits per heavy atom. The summed E-state index contributed by atoms with van der Waals surface area (Å²) in [5, 5.41) is 13.6. The van der Waals surface area contributed by atoms with E-state index in [1.807, 2.05) is 79.7 Å². The van der Waals surface area contributed by atoms with Crippen molar-refractivity contribution in [2.75, 3.05) is 26.4 Å². The average Bonchev–Trinajstić information content (AvgIpc) is 2.82. The Bertz CT molecular complexity index is 961. The monoisotopic (exact) mass is 421 g/mol. The maximum atomic E-state index is 10.3. The lowest BCUT2D eigenvalue weighted by atomic mass is 10.1. The molecule has 31 heavy (non-hydrogen) atoms. The average molecular weight is 421 g/mol. The summed E-state index contributed by atoms with van der Waals surface area (Å²) in [7, 11) is 0. The van der Waals surface area contributed by atoms with Crippen molar-refractivity contribution in [3.8, 4) is 28.7 Å². The molecule has 2 N–H and O–H groups in total. The molecule has 1 aliphatic heterocycles. The molecule has 3 aromatic rings. The van der Waals surface area contributed by atoms with Gasteiger partial charge in [-0.05, 0) is 61.0 Å². The normalized spacial score (nSPS) is 14.5. The third-order valence-electron chi connectivity index (χ3n) is 4.97. The minimum Gasteiger partial charge on any atom is -0.491 e. The second kappa shape index (κ2) is 10.2. The van der Waals surface area contributed by atoms with Crippen LogP contribution >= 0.6 is 0 Å². The highest BCUT2D eigenvalue weighted by Crippen LogP contribution is 2.32. The number of aliphatic hydroxyl groups excluding tert-OH is 1. The van der Waals surface area contributed by atoms with Crippen LogP contribution in [0, 0.1) is 0 Å². The Balaban J connectivity index is 1.21. The molecule has 0 radical (unpaired) electrons. The fourth-order valence-electron chi connectivity index (χ4n) is 3.24. The standard InChI is InChI=1S/C25H27NO5/c1-18(19-7-12-24-25(15-19)29-14-13-28-24)26-16-20(27)17-30-21-8-10-23(11-9-21)31-22-5-3-2-4-6-22/h2-12,15,18,20,26-27H,13-14,16-17H2,1H3. The third kappa shape index (κ3) is 5.90. The van der Waals surface area contributed by atoms with Crippen LogP contribution in [0.15, 0.2) is 72.8 Å². The van der Waals surface area contributed by atoms with Gasteiger partial charge in [-0.1, -0.05) is 24.3 Å². The molecule has 0 aliphatic carbocycles. The molecule has 6 nitrogen and oxygen atoms in total. The molecule has 0 spiro atoms. The van der Waals surface area contributed by atoms with Crippen LogP contribution in [-0.2, 0) is 0 Å². The van der Waals surface area contributed by atoms with Crippen molar-refractivity contribution in [3.05, 3.63) is 78.4 Å². The van der Waals surface area contributed by atoms with E-state index in [0.29, 0.717) is 25.5 Å². The van der Waals surface area contributed by atoms with Gasteiger partial charge in [0.25, 0.3) is 0 Å². The van der Waals surface area contributed by atoms with Crippen LogP contribution in [0.2, 0.25) is 0 Å². The predicted octanol–water partition coefficient (Wildman–Crippen LogP) is 4.34. The zero-order chi connectivity index (χ0) is 21.5. The Morgan fingerprint density at radius 1 is 0.871 bits per heavy atom. The second-order valence-corrected chi connectivity index (χ2v) is 7.38. The number of ether oxygens (including phenoxy) is 4. The molecule has 0 saturated carbocycles. The van der Waals surface area contributed by atoms with Crippen LogP contribution in [0.4, 0.5) is 0 Å². The number of rotatable bonds is 9. The highest BCUT2D eigenvalue weighted by atomic mass is 16.6. The molecule has 0 saturated heterocycles. The van der Waals surface area contributed by atoms with Gasteiger partial charge in [0.15, 0.2) is 11.5 Å². The Morgan fingerprint density at radius 3 is 2.32 bits per heavy atom. The van der Waals surface area contributed by atoms with Crippen LogP contribution < -0.4 is 24.3 Å². The molecular formula is C25H27NO5. The molecule has 0 fully saturated rings. The zero-order valence-corrected chi connectivity index (χ0v) is 17.5. The highest BCUT2D eigenvalue weighted by Gasteiger charge is 2.15. The molecule has 6 heteroatoms. The first kappa shape index (κ1) is 21.0. The van der Waals surface area contributed by atoms with Gasteiger partial charge < -0.3 is 29.4 Å². The molecule has 0 amide bonds. The first-order valence-corrected chi connectivity index (χ1v) is 10.4. The number of aliphatic hydroxyl groups is 1. The first-order chi connectivity index (χ1) is 15.2. The molecule has 3 aromatic carbocycles. The summed E-state index contributed by atoms with van der Waals surface area (Å²) < 4.78 is 22.7. The van der Waals surface area contributed by atoms with E-state index in [1.54, 1.807) is 0 Å². The highest BCUT2D eigenvalue weighted by molar-refractivity contribution is 5.44. The topological polar surface area (TPSA) is 69.2 Å². The van der Waals surface area contributed by atoms with E-state index in [9.17, 15) is 5.11 Å². The molecule has 0 aromatic heterocycles. The Kier molecular flexibility index (Phi) is 6.92. The van der Waals surface area contributed by atoms with Gasteiger partial charge in [-0.15, -0.1) is 0 Å². The molecule has 4 rings (SSSR count). The number of hydrogen-bond acceptors (Lipinski definition) is 6. The molecule has 1 aliphatic rings. The van der Waals surface area contributed by atoms with Crippen molar-refractivity contribution in [1.29, 1.82) is 0 Å².